The smallest absolute Gasteiger partial charge is 0.338 e. The Hall–Kier alpha value is -3.33. The fourth-order valence-electron chi connectivity index (χ4n) is 3.04. The number of nitrogens with zero attached hydrogens (tertiary/aromatic N) is 3. The van der Waals surface area contributed by atoms with Crippen LogP contribution in [0.2, 0.25) is 0 Å². The Bertz CT molecular complexity index is 1070. The van der Waals surface area contributed by atoms with Gasteiger partial charge in [0.15, 0.2) is 11.0 Å². The zero-order valence-electron chi connectivity index (χ0n) is 19.0. The van der Waals surface area contributed by atoms with Crippen molar-refractivity contribution in [2.75, 3.05) is 24.8 Å². The number of hydrogen-bond acceptors (Lipinski definition) is 7. The van der Waals surface area contributed by atoms with E-state index in [0.29, 0.717) is 29.6 Å². The second-order valence-electron chi connectivity index (χ2n) is 7.18. The van der Waals surface area contributed by atoms with E-state index in [0.717, 1.165) is 30.0 Å². The highest BCUT2D eigenvalue weighted by atomic mass is 32.2. The van der Waals surface area contributed by atoms with E-state index >= 15 is 0 Å². The number of aromatic nitrogens is 3. The van der Waals surface area contributed by atoms with Crippen molar-refractivity contribution in [2.45, 2.75) is 38.4 Å². The SMILES string of the molecule is CCCCOC(=O)c1ccc(NC(=O)CSc2nnc(-c3ccc(OC)cc3)n2CC)cc1. The summed E-state index contributed by atoms with van der Waals surface area (Å²) in [7, 11) is 1.63. The van der Waals surface area contributed by atoms with E-state index in [1.54, 1.807) is 31.4 Å². The zero-order chi connectivity index (χ0) is 23.6. The topological polar surface area (TPSA) is 95.3 Å². The molecule has 0 spiro atoms. The summed E-state index contributed by atoms with van der Waals surface area (Å²) in [6.07, 6.45) is 1.80. The van der Waals surface area contributed by atoms with Crippen molar-refractivity contribution in [3.05, 3.63) is 54.1 Å². The molecular formula is C24H28N4O4S. The molecule has 1 N–H and O–H groups in total. The van der Waals surface area contributed by atoms with Gasteiger partial charge in [-0.3, -0.25) is 4.79 Å². The summed E-state index contributed by atoms with van der Waals surface area (Å²) in [5.41, 5.74) is 2.00. The van der Waals surface area contributed by atoms with Crippen molar-refractivity contribution in [1.82, 2.24) is 14.8 Å². The molecule has 0 aliphatic carbocycles. The number of thioether (sulfide) groups is 1. The minimum atomic E-state index is -0.358. The maximum atomic E-state index is 12.4. The lowest BCUT2D eigenvalue weighted by Gasteiger charge is -2.09. The van der Waals surface area contributed by atoms with Crippen LogP contribution in [-0.4, -0.2) is 46.1 Å². The molecular weight excluding hydrogens is 440 g/mol. The van der Waals surface area contributed by atoms with E-state index in [1.165, 1.54) is 11.8 Å². The molecule has 174 valence electrons. The summed E-state index contributed by atoms with van der Waals surface area (Å²) in [5.74, 6) is 1.17. The average molecular weight is 469 g/mol. The van der Waals surface area contributed by atoms with E-state index in [2.05, 4.69) is 15.5 Å². The van der Waals surface area contributed by atoms with Gasteiger partial charge < -0.3 is 19.4 Å². The number of methoxy groups -OCH3 is 1. The minimum Gasteiger partial charge on any atom is -0.497 e. The number of unbranched alkanes of at least 4 members (excludes halogenated alkanes) is 1. The molecule has 1 aromatic heterocycles. The molecule has 1 heterocycles. The quantitative estimate of drug-likeness (QED) is 0.248. The summed E-state index contributed by atoms with van der Waals surface area (Å²) in [6.45, 7) is 5.13. The average Bonchev–Trinajstić information content (AvgIpc) is 3.26. The second-order valence-corrected chi connectivity index (χ2v) is 8.13. The van der Waals surface area contributed by atoms with Crippen molar-refractivity contribution in [3.63, 3.8) is 0 Å². The molecule has 0 aliphatic rings. The predicted octanol–water partition coefficient (Wildman–Crippen LogP) is 4.66. The highest BCUT2D eigenvalue weighted by Gasteiger charge is 2.15. The molecule has 33 heavy (non-hydrogen) atoms. The summed E-state index contributed by atoms with van der Waals surface area (Å²) in [4.78, 5) is 24.4. The molecule has 0 saturated heterocycles. The lowest BCUT2D eigenvalue weighted by atomic mass is 10.2. The molecule has 0 aliphatic heterocycles. The second kappa shape index (κ2) is 12.1. The Balaban J connectivity index is 1.56. The molecule has 0 fully saturated rings. The Morgan fingerprint density at radius 3 is 2.39 bits per heavy atom. The molecule has 8 nitrogen and oxygen atoms in total. The molecule has 2 aromatic carbocycles. The van der Waals surface area contributed by atoms with Crippen molar-refractivity contribution in [1.29, 1.82) is 0 Å². The van der Waals surface area contributed by atoms with Crippen LogP contribution in [0.3, 0.4) is 0 Å². The van der Waals surface area contributed by atoms with Crippen LogP contribution < -0.4 is 10.1 Å². The third-order valence-corrected chi connectivity index (χ3v) is 5.82. The highest BCUT2D eigenvalue weighted by Crippen LogP contribution is 2.25. The number of carbonyl (C=O) groups is 2. The van der Waals surface area contributed by atoms with Crippen LogP contribution in [0.15, 0.2) is 53.7 Å². The number of nitrogens with one attached hydrogen (secondary N) is 1. The van der Waals surface area contributed by atoms with Crippen LogP contribution in [0.4, 0.5) is 5.69 Å². The summed E-state index contributed by atoms with van der Waals surface area (Å²) in [6, 6.07) is 14.3. The van der Waals surface area contributed by atoms with Gasteiger partial charge in [0.25, 0.3) is 0 Å². The minimum absolute atomic E-state index is 0.171. The van der Waals surface area contributed by atoms with Gasteiger partial charge in [-0.15, -0.1) is 10.2 Å². The number of esters is 1. The van der Waals surface area contributed by atoms with Gasteiger partial charge in [0, 0.05) is 17.8 Å². The predicted molar refractivity (Wildman–Crippen MR) is 129 cm³/mol. The van der Waals surface area contributed by atoms with Gasteiger partial charge in [-0.25, -0.2) is 4.79 Å². The maximum Gasteiger partial charge on any atom is 0.338 e. The van der Waals surface area contributed by atoms with Crippen molar-refractivity contribution >= 4 is 29.3 Å². The normalized spacial score (nSPS) is 10.6. The number of hydrogen-bond donors (Lipinski definition) is 1. The van der Waals surface area contributed by atoms with Crippen LogP contribution in [0, 0.1) is 0 Å². The van der Waals surface area contributed by atoms with Crippen LogP contribution in [0.25, 0.3) is 11.4 Å². The van der Waals surface area contributed by atoms with Gasteiger partial charge in [-0.05, 0) is 61.9 Å². The van der Waals surface area contributed by atoms with E-state index in [1.807, 2.05) is 42.7 Å². The maximum absolute atomic E-state index is 12.4. The van der Waals surface area contributed by atoms with Gasteiger partial charge in [0.2, 0.25) is 5.91 Å². The molecule has 0 atom stereocenters. The van der Waals surface area contributed by atoms with Gasteiger partial charge in [0.05, 0.1) is 25.0 Å². The van der Waals surface area contributed by atoms with E-state index in [9.17, 15) is 9.59 Å². The first-order chi connectivity index (χ1) is 16.0. The molecule has 3 aromatic rings. The van der Waals surface area contributed by atoms with Crippen LogP contribution in [0.1, 0.15) is 37.0 Å². The van der Waals surface area contributed by atoms with E-state index < -0.39 is 0 Å². The molecule has 0 radical (unpaired) electrons. The molecule has 0 unspecified atom stereocenters. The number of ether oxygens (including phenoxy) is 2. The largest absolute Gasteiger partial charge is 0.497 e. The van der Waals surface area contributed by atoms with Crippen molar-refractivity contribution in [3.8, 4) is 17.1 Å². The van der Waals surface area contributed by atoms with Gasteiger partial charge >= 0.3 is 5.97 Å². The Morgan fingerprint density at radius 2 is 1.76 bits per heavy atom. The van der Waals surface area contributed by atoms with Crippen molar-refractivity contribution in [2.24, 2.45) is 0 Å². The third kappa shape index (κ3) is 6.58. The number of rotatable bonds is 11. The fourth-order valence-corrected chi connectivity index (χ4v) is 3.85. The van der Waals surface area contributed by atoms with Gasteiger partial charge in [-0.2, -0.15) is 0 Å². The van der Waals surface area contributed by atoms with Crippen LogP contribution in [0.5, 0.6) is 5.75 Å². The number of amides is 1. The number of benzene rings is 2. The lowest BCUT2D eigenvalue weighted by molar-refractivity contribution is -0.113. The molecule has 1 amide bonds. The standard InChI is InChI=1S/C24H28N4O4S/c1-4-6-15-32-23(30)18-7-11-19(12-8-18)25-21(29)16-33-24-27-26-22(28(24)5-2)17-9-13-20(31-3)14-10-17/h7-14H,4-6,15-16H2,1-3H3,(H,25,29). The first-order valence-corrected chi connectivity index (χ1v) is 11.8. The van der Waals surface area contributed by atoms with Crippen molar-refractivity contribution < 1.29 is 19.1 Å². The van der Waals surface area contributed by atoms with E-state index in [-0.39, 0.29) is 17.6 Å². The lowest BCUT2D eigenvalue weighted by Crippen LogP contribution is -2.15. The molecule has 0 saturated carbocycles. The molecule has 3 rings (SSSR count). The number of anilines is 1. The summed E-state index contributed by atoms with van der Waals surface area (Å²) < 4.78 is 12.4. The number of carbonyl (C=O) groups excluding carboxylic acids is 2. The Labute approximate surface area is 197 Å². The molecule has 0 bridgehead atoms. The molecule has 9 heteroatoms. The first kappa shape index (κ1) is 24.3. The summed E-state index contributed by atoms with van der Waals surface area (Å²) in [5, 5.41) is 12.1. The Kier molecular flexibility index (Phi) is 8.88. The fraction of sp³-hybridized carbons (Fsp3) is 0.333. The van der Waals surface area contributed by atoms with Gasteiger partial charge in [-0.1, -0.05) is 25.1 Å². The zero-order valence-corrected chi connectivity index (χ0v) is 19.9. The van der Waals surface area contributed by atoms with Crippen LogP contribution >= 0.6 is 11.8 Å². The monoisotopic (exact) mass is 468 g/mol. The third-order valence-electron chi connectivity index (χ3n) is 4.85. The highest BCUT2D eigenvalue weighted by molar-refractivity contribution is 7.99. The summed E-state index contributed by atoms with van der Waals surface area (Å²) >= 11 is 1.32. The first-order valence-electron chi connectivity index (χ1n) is 10.8. The van der Waals surface area contributed by atoms with Gasteiger partial charge in [0.1, 0.15) is 5.75 Å². The van der Waals surface area contributed by atoms with E-state index in [4.69, 9.17) is 9.47 Å². The van der Waals surface area contributed by atoms with Crippen LogP contribution in [-0.2, 0) is 16.1 Å². The Morgan fingerprint density at radius 1 is 1.03 bits per heavy atom.